The van der Waals surface area contributed by atoms with Gasteiger partial charge in [-0.3, -0.25) is 4.90 Å². The molecule has 3 heteroatoms. The van der Waals surface area contributed by atoms with E-state index < -0.39 is 5.60 Å². The Morgan fingerprint density at radius 3 is 2.46 bits per heavy atom. The zero-order chi connectivity index (χ0) is 10.1. The van der Waals surface area contributed by atoms with Crippen molar-refractivity contribution in [3.8, 4) is 0 Å². The minimum atomic E-state index is -0.478. The van der Waals surface area contributed by atoms with Crippen LogP contribution in [-0.2, 0) is 0 Å². The summed E-state index contributed by atoms with van der Waals surface area (Å²) in [6, 6.07) is 0.552. The molecule has 0 amide bonds. The van der Waals surface area contributed by atoms with E-state index in [9.17, 15) is 5.11 Å². The van der Waals surface area contributed by atoms with Gasteiger partial charge in [0.25, 0.3) is 0 Å². The van der Waals surface area contributed by atoms with Crippen LogP contribution in [0, 0.1) is 0 Å². The molecule has 0 aliphatic carbocycles. The van der Waals surface area contributed by atoms with Crippen LogP contribution in [0.5, 0.6) is 0 Å². The lowest BCUT2D eigenvalue weighted by atomic mass is 10.0. The molecule has 0 aromatic heterocycles. The Morgan fingerprint density at radius 2 is 2.08 bits per heavy atom. The van der Waals surface area contributed by atoms with Gasteiger partial charge in [-0.1, -0.05) is 0 Å². The van der Waals surface area contributed by atoms with Crippen LogP contribution in [0.2, 0.25) is 0 Å². The van der Waals surface area contributed by atoms with Gasteiger partial charge >= 0.3 is 0 Å². The Kier molecular flexibility index (Phi) is 3.33. The molecule has 1 atom stereocenters. The number of β-amino-alcohol motifs (C(OH)–C–C–N with tert-alkyl or cyclic N) is 1. The third-order valence-corrected chi connectivity index (χ3v) is 2.70. The molecule has 1 N–H and O–H groups in total. The highest BCUT2D eigenvalue weighted by Crippen LogP contribution is 2.23. The van der Waals surface area contributed by atoms with Gasteiger partial charge in [0.05, 0.1) is 5.60 Å². The van der Waals surface area contributed by atoms with Gasteiger partial charge in [0.2, 0.25) is 0 Å². The quantitative estimate of drug-likeness (QED) is 0.691. The largest absolute Gasteiger partial charge is 0.387 e. The van der Waals surface area contributed by atoms with Gasteiger partial charge in [-0.05, 0) is 34.4 Å². The molecule has 1 rings (SSSR count). The Bertz CT molecular complexity index is 170. The molecule has 1 aliphatic rings. The van der Waals surface area contributed by atoms with Crippen LogP contribution in [0.1, 0.15) is 20.3 Å². The highest BCUT2D eigenvalue weighted by Gasteiger charge is 2.36. The number of aliphatic hydroxyl groups is 1. The lowest BCUT2D eigenvalue weighted by Gasteiger charge is -2.28. The summed E-state index contributed by atoms with van der Waals surface area (Å²) in [5.74, 6) is 0. The molecular formula is C10H22N2O. The molecule has 1 aliphatic heterocycles. The summed E-state index contributed by atoms with van der Waals surface area (Å²) in [4.78, 5) is 4.40. The Balaban J connectivity index is 2.46. The first-order valence-electron chi connectivity index (χ1n) is 5.04. The SMILES string of the molecule is CC(C)N1CCC(O)(CN(C)C)C1. The molecule has 0 aromatic carbocycles. The molecule has 1 saturated heterocycles. The first-order chi connectivity index (χ1) is 5.93. The average Bonchev–Trinajstić information content (AvgIpc) is 2.29. The van der Waals surface area contributed by atoms with Crippen molar-refractivity contribution in [2.24, 2.45) is 0 Å². The topological polar surface area (TPSA) is 26.7 Å². The van der Waals surface area contributed by atoms with E-state index in [2.05, 4.69) is 23.6 Å². The van der Waals surface area contributed by atoms with Crippen LogP contribution in [0.3, 0.4) is 0 Å². The van der Waals surface area contributed by atoms with Crippen molar-refractivity contribution >= 4 is 0 Å². The summed E-state index contributed by atoms with van der Waals surface area (Å²) in [6.45, 7) is 6.99. The van der Waals surface area contributed by atoms with E-state index in [1.165, 1.54) is 0 Å². The highest BCUT2D eigenvalue weighted by molar-refractivity contribution is 4.92. The van der Waals surface area contributed by atoms with Gasteiger partial charge in [-0.2, -0.15) is 0 Å². The fourth-order valence-electron chi connectivity index (χ4n) is 2.05. The molecule has 13 heavy (non-hydrogen) atoms. The van der Waals surface area contributed by atoms with E-state index in [0.29, 0.717) is 6.04 Å². The molecule has 0 aromatic rings. The molecule has 0 saturated carbocycles. The number of rotatable bonds is 3. The number of hydrogen-bond acceptors (Lipinski definition) is 3. The first-order valence-corrected chi connectivity index (χ1v) is 5.04. The standard InChI is InChI=1S/C10H22N2O/c1-9(2)12-6-5-10(13,8-12)7-11(3)4/h9,13H,5-8H2,1-4H3. The van der Waals surface area contributed by atoms with E-state index in [4.69, 9.17) is 0 Å². The third-order valence-electron chi connectivity index (χ3n) is 2.70. The minimum Gasteiger partial charge on any atom is -0.387 e. The summed E-state index contributed by atoms with van der Waals surface area (Å²) in [6.07, 6.45) is 0.906. The molecule has 1 unspecified atom stereocenters. The van der Waals surface area contributed by atoms with Crippen molar-refractivity contribution < 1.29 is 5.11 Å². The van der Waals surface area contributed by atoms with E-state index in [-0.39, 0.29) is 0 Å². The van der Waals surface area contributed by atoms with E-state index in [1.807, 2.05) is 14.1 Å². The maximum atomic E-state index is 10.2. The Labute approximate surface area is 81.3 Å². The van der Waals surface area contributed by atoms with Crippen LogP contribution >= 0.6 is 0 Å². The van der Waals surface area contributed by atoms with Gasteiger partial charge < -0.3 is 10.0 Å². The zero-order valence-corrected chi connectivity index (χ0v) is 9.25. The van der Waals surface area contributed by atoms with E-state index >= 15 is 0 Å². The zero-order valence-electron chi connectivity index (χ0n) is 9.25. The number of nitrogens with zero attached hydrogens (tertiary/aromatic N) is 2. The van der Waals surface area contributed by atoms with Crippen LogP contribution < -0.4 is 0 Å². The first kappa shape index (κ1) is 11.0. The predicted octanol–water partition coefficient (Wildman–Crippen LogP) is 0.393. The van der Waals surface area contributed by atoms with Crippen molar-refractivity contribution in [2.75, 3.05) is 33.7 Å². The second kappa shape index (κ2) is 3.95. The van der Waals surface area contributed by atoms with Crippen LogP contribution in [0.4, 0.5) is 0 Å². The maximum Gasteiger partial charge on any atom is 0.0912 e. The van der Waals surface area contributed by atoms with Crippen molar-refractivity contribution in [1.29, 1.82) is 0 Å². The molecule has 1 fully saturated rings. The molecule has 3 nitrogen and oxygen atoms in total. The van der Waals surface area contributed by atoms with Gasteiger partial charge in [-0.15, -0.1) is 0 Å². The van der Waals surface area contributed by atoms with Crippen LogP contribution in [0.15, 0.2) is 0 Å². The number of hydrogen-bond donors (Lipinski definition) is 1. The van der Waals surface area contributed by atoms with Gasteiger partial charge in [0, 0.05) is 25.7 Å². The van der Waals surface area contributed by atoms with E-state index in [1.54, 1.807) is 0 Å². The lowest BCUT2D eigenvalue weighted by Crippen LogP contribution is -2.43. The summed E-state index contributed by atoms with van der Waals surface area (Å²) < 4.78 is 0. The lowest BCUT2D eigenvalue weighted by molar-refractivity contribution is 0.0219. The molecule has 0 radical (unpaired) electrons. The third kappa shape index (κ3) is 2.93. The summed E-state index contributed by atoms with van der Waals surface area (Å²) in [5.41, 5.74) is -0.478. The Morgan fingerprint density at radius 1 is 1.46 bits per heavy atom. The Hall–Kier alpha value is -0.120. The average molecular weight is 186 g/mol. The number of likely N-dealkylation sites (tertiary alicyclic amines) is 1. The number of likely N-dealkylation sites (N-methyl/N-ethyl adjacent to an activating group) is 1. The maximum absolute atomic E-state index is 10.2. The van der Waals surface area contributed by atoms with Gasteiger partial charge in [0.1, 0.15) is 0 Å². The smallest absolute Gasteiger partial charge is 0.0912 e. The van der Waals surface area contributed by atoms with Gasteiger partial charge in [0.15, 0.2) is 0 Å². The summed E-state index contributed by atoms with van der Waals surface area (Å²) in [5, 5.41) is 10.2. The van der Waals surface area contributed by atoms with Crippen LogP contribution in [-0.4, -0.2) is 60.3 Å². The van der Waals surface area contributed by atoms with Gasteiger partial charge in [-0.25, -0.2) is 0 Å². The molecular weight excluding hydrogens is 164 g/mol. The van der Waals surface area contributed by atoms with E-state index in [0.717, 1.165) is 26.1 Å². The second-order valence-electron chi connectivity index (χ2n) is 4.78. The monoisotopic (exact) mass is 186 g/mol. The predicted molar refractivity (Wildman–Crippen MR) is 54.8 cm³/mol. The van der Waals surface area contributed by atoms with Crippen LogP contribution in [0.25, 0.3) is 0 Å². The van der Waals surface area contributed by atoms with Crippen molar-refractivity contribution in [3.63, 3.8) is 0 Å². The molecule has 0 bridgehead atoms. The molecule has 78 valence electrons. The summed E-state index contributed by atoms with van der Waals surface area (Å²) in [7, 11) is 4.02. The fraction of sp³-hybridized carbons (Fsp3) is 1.00. The molecule has 1 heterocycles. The molecule has 0 spiro atoms. The van der Waals surface area contributed by atoms with Crippen molar-refractivity contribution in [1.82, 2.24) is 9.80 Å². The normalized spacial score (nSPS) is 30.7. The second-order valence-corrected chi connectivity index (χ2v) is 4.78. The van der Waals surface area contributed by atoms with Crippen molar-refractivity contribution in [2.45, 2.75) is 31.9 Å². The minimum absolute atomic E-state index is 0.478. The fourth-order valence-corrected chi connectivity index (χ4v) is 2.05. The van der Waals surface area contributed by atoms with Crippen molar-refractivity contribution in [3.05, 3.63) is 0 Å². The summed E-state index contributed by atoms with van der Waals surface area (Å²) >= 11 is 0. The highest BCUT2D eigenvalue weighted by atomic mass is 16.3.